The van der Waals surface area contributed by atoms with Crippen LogP contribution in [0.3, 0.4) is 0 Å². The highest BCUT2D eigenvalue weighted by molar-refractivity contribution is 6.33. The van der Waals surface area contributed by atoms with Crippen LogP contribution in [0, 0.1) is 0 Å². The molecular weight excluding hydrogens is 326 g/mol. The molecular formula is C18H29ClN3O2+. The van der Waals surface area contributed by atoms with Crippen molar-refractivity contribution in [3.05, 3.63) is 29.3 Å². The van der Waals surface area contributed by atoms with E-state index in [4.69, 9.17) is 16.3 Å². The third kappa shape index (κ3) is 6.30. The number of carbonyl (C=O) groups is 1. The van der Waals surface area contributed by atoms with Gasteiger partial charge in [0.05, 0.1) is 43.0 Å². The lowest BCUT2D eigenvalue weighted by molar-refractivity contribution is -0.892. The second-order valence-electron chi connectivity index (χ2n) is 6.49. The van der Waals surface area contributed by atoms with Gasteiger partial charge in [0, 0.05) is 13.2 Å². The summed E-state index contributed by atoms with van der Waals surface area (Å²) in [4.78, 5) is 15.6. The van der Waals surface area contributed by atoms with Gasteiger partial charge in [0.1, 0.15) is 0 Å². The number of nitrogens with zero attached hydrogens (tertiary/aromatic N) is 1. The van der Waals surface area contributed by atoms with E-state index in [-0.39, 0.29) is 12.0 Å². The summed E-state index contributed by atoms with van der Waals surface area (Å²) in [6.07, 6.45) is 1.11. The largest absolute Gasteiger partial charge is 0.379 e. The Morgan fingerprint density at radius 2 is 2.04 bits per heavy atom. The first-order valence-electron chi connectivity index (χ1n) is 8.77. The predicted molar refractivity (Wildman–Crippen MR) is 97.9 cm³/mol. The van der Waals surface area contributed by atoms with E-state index in [2.05, 4.69) is 16.3 Å². The zero-order valence-electron chi connectivity index (χ0n) is 14.7. The molecule has 0 bridgehead atoms. The second-order valence-corrected chi connectivity index (χ2v) is 6.90. The van der Waals surface area contributed by atoms with Crippen molar-refractivity contribution in [2.75, 3.05) is 50.8 Å². The minimum absolute atomic E-state index is 0.126. The Morgan fingerprint density at radius 1 is 1.33 bits per heavy atom. The Labute approximate surface area is 149 Å². The maximum absolute atomic E-state index is 12.0. The first kappa shape index (κ1) is 19.0. The fourth-order valence-corrected chi connectivity index (χ4v) is 3.11. The lowest BCUT2D eigenvalue weighted by Crippen LogP contribution is -3.16. The number of benzene rings is 1. The van der Waals surface area contributed by atoms with Gasteiger partial charge in [0.2, 0.25) is 0 Å². The summed E-state index contributed by atoms with van der Waals surface area (Å²) in [5.41, 5.74) is 1.09. The van der Waals surface area contributed by atoms with Crippen LogP contribution < -0.4 is 15.1 Å². The lowest BCUT2D eigenvalue weighted by atomic mass is 10.2. The molecule has 1 aromatic carbocycles. The fraction of sp³-hybridized carbons (Fsp3) is 0.611. The van der Waals surface area contributed by atoms with Crippen molar-refractivity contribution in [1.29, 1.82) is 0 Å². The number of ether oxygens (including phenoxy) is 1. The van der Waals surface area contributed by atoms with Gasteiger partial charge in [-0.1, -0.05) is 23.7 Å². The minimum atomic E-state index is 0.126. The first-order chi connectivity index (χ1) is 11.6. The fourth-order valence-electron chi connectivity index (χ4n) is 2.86. The summed E-state index contributed by atoms with van der Waals surface area (Å²) < 4.78 is 5.46. The highest BCUT2D eigenvalue weighted by atomic mass is 35.5. The van der Waals surface area contributed by atoms with Crippen LogP contribution >= 0.6 is 11.6 Å². The number of anilines is 1. The number of piperazine rings is 1. The van der Waals surface area contributed by atoms with Gasteiger partial charge in [-0.15, -0.1) is 0 Å². The number of amides is 1. The van der Waals surface area contributed by atoms with E-state index in [0.29, 0.717) is 19.7 Å². The summed E-state index contributed by atoms with van der Waals surface area (Å²) in [5.74, 6) is 0.126. The summed E-state index contributed by atoms with van der Waals surface area (Å²) in [6.45, 7) is 9.72. The normalized spacial score (nSPS) is 15.8. The maximum atomic E-state index is 12.0. The van der Waals surface area contributed by atoms with Crippen molar-refractivity contribution in [3.8, 4) is 0 Å². The molecule has 5 nitrogen and oxygen atoms in total. The molecule has 0 saturated carbocycles. The Bertz CT molecular complexity index is 517. The van der Waals surface area contributed by atoms with E-state index in [1.165, 1.54) is 4.90 Å². The van der Waals surface area contributed by atoms with E-state index < -0.39 is 0 Å². The molecule has 0 aliphatic carbocycles. The molecule has 1 saturated heterocycles. The molecule has 1 fully saturated rings. The quantitative estimate of drug-likeness (QED) is 0.684. The molecule has 24 heavy (non-hydrogen) atoms. The SMILES string of the molecule is CC(C)OCCCNC(=O)C[NH+]1CCN(c2ccccc2Cl)CC1. The topological polar surface area (TPSA) is 46.0 Å². The van der Waals surface area contributed by atoms with Crippen LogP contribution in [0.4, 0.5) is 5.69 Å². The van der Waals surface area contributed by atoms with E-state index in [9.17, 15) is 4.79 Å². The Hall–Kier alpha value is -1.30. The summed E-state index contributed by atoms with van der Waals surface area (Å²) >= 11 is 6.26. The average molecular weight is 355 g/mol. The van der Waals surface area contributed by atoms with Gasteiger partial charge < -0.3 is 19.9 Å². The van der Waals surface area contributed by atoms with Gasteiger partial charge in [-0.3, -0.25) is 4.79 Å². The molecule has 6 heteroatoms. The molecule has 1 amide bonds. The molecule has 2 N–H and O–H groups in total. The molecule has 0 spiro atoms. The predicted octanol–water partition coefficient (Wildman–Crippen LogP) is 0.976. The van der Waals surface area contributed by atoms with Crippen molar-refractivity contribution in [3.63, 3.8) is 0 Å². The Morgan fingerprint density at radius 3 is 2.71 bits per heavy atom. The summed E-state index contributed by atoms with van der Waals surface area (Å²) in [6, 6.07) is 7.94. The number of para-hydroxylation sites is 1. The summed E-state index contributed by atoms with van der Waals surface area (Å²) in [7, 11) is 0. The van der Waals surface area contributed by atoms with Crippen LogP contribution in [0.1, 0.15) is 20.3 Å². The van der Waals surface area contributed by atoms with Crippen LogP contribution in [-0.4, -0.2) is 57.9 Å². The van der Waals surface area contributed by atoms with E-state index in [0.717, 1.165) is 43.3 Å². The second kappa shape index (κ2) is 9.87. The van der Waals surface area contributed by atoms with Gasteiger partial charge in [-0.2, -0.15) is 0 Å². The molecule has 0 unspecified atom stereocenters. The molecule has 0 aromatic heterocycles. The van der Waals surface area contributed by atoms with Crippen molar-refractivity contribution >= 4 is 23.2 Å². The molecule has 134 valence electrons. The van der Waals surface area contributed by atoms with Crippen molar-refractivity contribution < 1.29 is 14.4 Å². The highest BCUT2D eigenvalue weighted by Gasteiger charge is 2.23. The van der Waals surface area contributed by atoms with E-state index >= 15 is 0 Å². The van der Waals surface area contributed by atoms with E-state index in [1.54, 1.807) is 0 Å². The van der Waals surface area contributed by atoms with Gasteiger partial charge in [0.25, 0.3) is 5.91 Å². The smallest absolute Gasteiger partial charge is 0.275 e. The zero-order valence-corrected chi connectivity index (χ0v) is 15.4. The third-order valence-electron chi connectivity index (χ3n) is 4.17. The van der Waals surface area contributed by atoms with Crippen molar-refractivity contribution in [2.45, 2.75) is 26.4 Å². The molecule has 1 aromatic rings. The van der Waals surface area contributed by atoms with Crippen LogP contribution in [0.5, 0.6) is 0 Å². The summed E-state index contributed by atoms with van der Waals surface area (Å²) in [5, 5.41) is 3.78. The lowest BCUT2D eigenvalue weighted by Gasteiger charge is -2.33. The third-order valence-corrected chi connectivity index (χ3v) is 4.49. The standard InChI is InChI=1S/C18H28ClN3O2/c1-15(2)24-13-5-8-20-18(23)14-21-9-11-22(12-10-21)17-7-4-3-6-16(17)19/h3-4,6-7,15H,5,8-14H2,1-2H3,(H,20,23)/p+1. The van der Waals surface area contributed by atoms with Crippen molar-refractivity contribution in [1.82, 2.24) is 5.32 Å². The molecule has 0 radical (unpaired) electrons. The Balaban J connectivity index is 1.64. The van der Waals surface area contributed by atoms with E-state index in [1.807, 2.05) is 32.0 Å². The van der Waals surface area contributed by atoms with Gasteiger partial charge >= 0.3 is 0 Å². The number of halogens is 1. The number of hydrogen-bond donors (Lipinski definition) is 2. The molecule has 1 aliphatic heterocycles. The van der Waals surface area contributed by atoms with Crippen molar-refractivity contribution in [2.24, 2.45) is 0 Å². The number of rotatable bonds is 8. The van der Waals surface area contributed by atoms with Crippen LogP contribution in [-0.2, 0) is 9.53 Å². The number of quaternary nitrogens is 1. The minimum Gasteiger partial charge on any atom is -0.379 e. The van der Waals surface area contributed by atoms with Crippen LogP contribution in [0.2, 0.25) is 5.02 Å². The van der Waals surface area contributed by atoms with Crippen LogP contribution in [0.15, 0.2) is 24.3 Å². The first-order valence-corrected chi connectivity index (χ1v) is 9.15. The average Bonchev–Trinajstić information content (AvgIpc) is 2.55. The van der Waals surface area contributed by atoms with Gasteiger partial charge in [-0.05, 0) is 32.4 Å². The number of hydrogen-bond acceptors (Lipinski definition) is 3. The molecule has 1 aliphatic rings. The Kier molecular flexibility index (Phi) is 7.82. The molecule has 0 atom stereocenters. The molecule has 1 heterocycles. The zero-order chi connectivity index (χ0) is 17.4. The number of nitrogens with one attached hydrogen (secondary N) is 2. The van der Waals surface area contributed by atoms with Gasteiger partial charge in [0.15, 0.2) is 6.54 Å². The highest BCUT2D eigenvalue weighted by Crippen LogP contribution is 2.24. The molecule has 2 rings (SSSR count). The monoisotopic (exact) mass is 354 g/mol. The van der Waals surface area contributed by atoms with Gasteiger partial charge in [-0.25, -0.2) is 0 Å². The number of carbonyl (C=O) groups excluding carboxylic acids is 1. The maximum Gasteiger partial charge on any atom is 0.275 e. The van der Waals surface area contributed by atoms with Crippen LogP contribution in [0.25, 0.3) is 0 Å².